The Balaban J connectivity index is 1.99. The maximum absolute atomic E-state index is 12.3. The first-order valence-electron chi connectivity index (χ1n) is 6.92. The molecule has 0 aromatic carbocycles. The molecule has 124 valence electrons. The number of nitrogens with one attached hydrogen (secondary N) is 1. The van der Waals surface area contributed by atoms with E-state index >= 15 is 0 Å². The smallest absolute Gasteiger partial charge is 0.244 e. The minimum absolute atomic E-state index is 0.0384. The van der Waals surface area contributed by atoms with E-state index in [9.17, 15) is 13.2 Å². The summed E-state index contributed by atoms with van der Waals surface area (Å²) in [5, 5.41) is 11.6. The Hall–Kier alpha value is -1.91. The fourth-order valence-corrected chi connectivity index (χ4v) is 3.69. The normalized spacial score (nSPS) is 11.6. The highest BCUT2D eigenvalue weighted by molar-refractivity contribution is 7.89. The minimum Gasteiger partial charge on any atom is -0.299 e. The van der Waals surface area contributed by atoms with Gasteiger partial charge in [-0.15, -0.1) is 10.2 Å². The van der Waals surface area contributed by atoms with E-state index in [-0.39, 0.29) is 11.4 Å². The Labute approximate surface area is 138 Å². The Morgan fingerprint density at radius 1 is 1.39 bits per heavy atom. The summed E-state index contributed by atoms with van der Waals surface area (Å²) in [4.78, 5) is 15.8. The lowest BCUT2D eigenvalue weighted by atomic mass is 10.4. The van der Waals surface area contributed by atoms with E-state index < -0.39 is 15.9 Å². The van der Waals surface area contributed by atoms with Gasteiger partial charge in [0, 0.05) is 25.9 Å². The van der Waals surface area contributed by atoms with Gasteiger partial charge in [0.25, 0.3) is 0 Å². The van der Waals surface area contributed by atoms with Crippen molar-refractivity contribution in [1.29, 1.82) is 0 Å². The van der Waals surface area contributed by atoms with Crippen LogP contribution in [0, 0.1) is 0 Å². The number of carbonyl (C=O) groups is 1. The molecule has 0 saturated heterocycles. The van der Waals surface area contributed by atoms with Gasteiger partial charge in [0.15, 0.2) is 0 Å². The number of nitrogens with zero attached hydrogens (tertiary/aromatic N) is 4. The molecule has 2 aromatic rings. The molecule has 8 nitrogen and oxygen atoms in total. The molecule has 10 heteroatoms. The van der Waals surface area contributed by atoms with Gasteiger partial charge in [0.2, 0.25) is 21.1 Å². The van der Waals surface area contributed by atoms with Crippen molar-refractivity contribution in [2.24, 2.45) is 0 Å². The van der Waals surface area contributed by atoms with Crippen LogP contribution in [-0.2, 0) is 21.2 Å². The number of aromatic nitrogens is 3. The third-order valence-electron chi connectivity index (χ3n) is 2.89. The molecule has 0 aliphatic carbocycles. The second-order valence-corrected chi connectivity index (χ2v) is 7.86. The van der Waals surface area contributed by atoms with E-state index in [2.05, 4.69) is 20.5 Å². The quantitative estimate of drug-likeness (QED) is 0.798. The summed E-state index contributed by atoms with van der Waals surface area (Å²) in [6.45, 7) is 1.71. The van der Waals surface area contributed by atoms with Crippen molar-refractivity contribution in [2.45, 2.75) is 24.7 Å². The van der Waals surface area contributed by atoms with Gasteiger partial charge in [0.1, 0.15) is 9.90 Å². The first kappa shape index (κ1) is 17.4. The lowest BCUT2D eigenvalue weighted by Gasteiger charge is -2.15. The summed E-state index contributed by atoms with van der Waals surface area (Å²) in [6.07, 6.45) is 4.46. The van der Waals surface area contributed by atoms with Gasteiger partial charge in [-0.3, -0.25) is 15.1 Å². The number of anilines is 1. The van der Waals surface area contributed by atoms with Crippen molar-refractivity contribution in [2.75, 3.05) is 18.9 Å². The third kappa shape index (κ3) is 4.53. The second kappa shape index (κ2) is 7.57. The van der Waals surface area contributed by atoms with Gasteiger partial charge in [0.05, 0.1) is 6.54 Å². The average molecular weight is 355 g/mol. The number of pyridine rings is 1. The number of likely N-dealkylation sites (N-methyl/N-ethyl adjacent to an activating group) is 1. The first-order valence-corrected chi connectivity index (χ1v) is 9.17. The van der Waals surface area contributed by atoms with E-state index in [1.54, 1.807) is 0 Å². The van der Waals surface area contributed by atoms with Crippen LogP contribution in [0.4, 0.5) is 5.13 Å². The van der Waals surface area contributed by atoms with Crippen LogP contribution in [0.5, 0.6) is 0 Å². The zero-order chi connectivity index (χ0) is 16.9. The molecular formula is C13H17N5O3S2. The Morgan fingerprint density at radius 2 is 2.17 bits per heavy atom. The molecule has 0 saturated carbocycles. The number of amides is 1. The van der Waals surface area contributed by atoms with Gasteiger partial charge in [-0.1, -0.05) is 18.3 Å². The molecule has 0 bridgehead atoms. The van der Waals surface area contributed by atoms with Crippen LogP contribution in [0.3, 0.4) is 0 Å². The van der Waals surface area contributed by atoms with E-state index in [0.717, 1.165) is 22.2 Å². The Bertz CT molecular complexity index is 761. The zero-order valence-corrected chi connectivity index (χ0v) is 14.4. The van der Waals surface area contributed by atoms with Gasteiger partial charge < -0.3 is 0 Å². The summed E-state index contributed by atoms with van der Waals surface area (Å²) in [7, 11) is -2.41. The maximum atomic E-state index is 12.3. The summed E-state index contributed by atoms with van der Waals surface area (Å²) in [6, 6.07) is 2.95. The fourth-order valence-electron chi connectivity index (χ4n) is 1.74. The molecule has 2 rings (SSSR count). The summed E-state index contributed by atoms with van der Waals surface area (Å²) in [5.74, 6) is -0.473. The summed E-state index contributed by atoms with van der Waals surface area (Å²) < 4.78 is 25.5. The molecule has 23 heavy (non-hydrogen) atoms. The van der Waals surface area contributed by atoms with E-state index in [1.807, 2.05) is 6.92 Å². The van der Waals surface area contributed by atoms with Crippen LogP contribution in [0.2, 0.25) is 0 Å². The van der Waals surface area contributed by atoms with Crippen molar-refractivity contribution in [3.05, 3.63) is 29.5 Å². The highest BCUT2D eigenvalue weighted by Crippen LogP contribution is 2.17. The van der Waals surface area contributed by atoms with E-state index in [0.29, 0.717) is 5.13 Å². The number of sulfonamides is 1. The SMILES string of the molecule is CCCc1nnc(NC(=O)CN(C)S(=O)(=O)c2cccnc2)s1. The molecule has 0 radical (unpaired) electrons. The molecule has 1 N–H and O–H groups in total. The predicted molar refractivity (Wildman–Crippen MR) is 86.6 cm³/mol. The molecule has 0 atom stereocenters. The number of hydrogen-bond donors (Lipinski definition) is 1. The summed E-state index contributed by atoms with van der Waals surface area (Å²) in [5.41, 5.74) is 0. The molecule has 2 heterocycles. The van der Waals surface area contributed by atoms with E-state index in [1.165, 1.54) is 42.9 Å². The van der Waals surface area contributed by atoms with Crippen molar-refractivity contribution in [3.8, 4) is 0 Å². The lowest BCUT2D eigenvalue weighted by Crippen LogP contribution is -2.35. The molecule has 0 spiro atoms. The topological polar surface area (TPSA) is 105 Å². The van der Waals surface area contributed by atoms with Crippen molar-refractivity contribution >= 4 is 32.4 Å². The number of hydrogen-bond acceptors (Lipinski definition) is 7. The molecular weight excluding hydrogens is 338 g/mol. The van der Waals surface area contributed by atoms with Crippen molar-refractivity contribution < 1.29 is 13.2 Å². The predicted octanol–water partition coefficient (Wildman–Crippen LogP) is 1.14. The van der Waals surface area contributed by atoms with Crippen LogP contribution < -0.4 is 5.32 Å². The van der Waals surface area contributed by atoms with Crippen molar-refractivity contribution in [1.82, 2.24) is 19.5 Å². The average Bonchev–Trinajstić information content (AvgIpc) is 2.95. The van der Waals surface area contributed by atoms with Crippen molar-refractivity contribution in [3.63, 3.8) is 0 Å². The standard InChI is InChI=1S/C13H17N5O3S2/c1-3-5-12-16-17-13(22-12)15-11(19)9-18(2)23(20,21)10-6-4-7-14-8-10/h4,6-8H,3,5,9H2,1-2H3,(H,15,17,19). The van der Waals surface area contributed by atoms with Crippen LogP contribution in [0.25, 0.3) is 0 Å². The maximum Gasteiger partial charge on any atom is 0.244 e. The molecule has 0 fully saturated rings. The highest BCUT2D eigenvalue weighted by Gasteiger charge is 2.23. The summed E-state index contributed by atoms with van der Waals surface area (Å²) >= 11 is 1.28. The molecule has 2 aromatic heterocycles. The molecule has 0 unspecified atom stereocenters. The first-order chi connectivity index (χ1) is 10.9. The zero-order valence-electron chi connectivity index (χ0n) is 12.8. The lowest BCUT2D eigenvalue weighted by molar-refractivity contribution is -0.116. The largest absolute Gasteiger partial charge is 0.299 e. The number of carbonyl (C=O) groups excluding carboxylic acids is 1. The molecule has 0 aliphatic heterocycles. The minimum atomic E-state index is -3.75. The van der Waals surface area contributed by atoms with Crippen LogP contribution in [-0.4, -0.2) is 47.4 Å². The highest BCUT2D eigenvalue weighted by atomic mass is 32.2. The monoisotopic (exact) mass is 355 g/mol. The van der Waals surface area contributed by atoms with E-state index in [4.69, 9.17) is 0 Å². The second-order valence-electron chi connectivity index (χ2n) is 4.75. The van der Waals surface area contributed by atoms with Crippen LogP contribution >= 0.6 is 11.3 Å². The van der Waals surface area contributed by atoms with Gasteiger partial charge >= 0.3 is 0 Å². The Kier molecular flexibility index (Phi) is 5.74. The number of rotatable bonds is 7. The number of aryl methyl sites for hydroxylation is 1. The molecule has 0 aliphatic rings. The third-order valence-corrected chi connectivity index (χ3v) is 5.57. The molecule has 1 amide bonds. The van der Waals surface area contributed by atoms with Gasteiger partial charge in [-0.2, -0.15) is 4.31 Å². The van der Waals surface area contributed by atoms with Crippen LogP contribution in [0.1, 0.15) is 18.4 Å². The van der Waals surface area contributed by atoms with Gasteiger partial charge in [-0.25, -0.2) is 8.42 Å². The van der Waals surface area contributed by atoms with Gasteiger partial charge in [-0.05, 0) is 18.6 Å². The Morgan fingerprint density at radius 3 is 2.83 bits per heavy atom. The fraction of sp³-hybridized carbons (Fsp3) is 0.385. The van der Waals surface area contributed by atoms with Crippen LogP contribution in [0.15, 0.2) is 29.4 Å².